The second-order valence-corrected chi connectivity index (χ2v) is 5.91. The fourth-order valence-electron chi connectivity index (χ4n) is 2.14. The van der Waals surface area contributed by atoms with E-state index in [1.54, 1.807) is 36.2 Å². The van der Waals surface area contributed by atoms with Crippen molar-refractivity contribution in [3.8, 4) is 17.2 Å². The molecular formula is C17H18BrNO4. The van der Waals surface area contributed by atoms with Gasteiger partial charge in [-0.3, -0.25) is 4.79 Å². The summed E-state index contributed by atoms with van der Waals surface area (Å²) in [7, 11) is 3.16. The minimum Gasteiger partial charge on any atom is -0.508 e. The Labute approximate surface area is 143 Å². The number of nitrogens with zero attached hydrogens (tertiary/aromatic N) is 1. The summed E-state index contributed by atoms with van der Waals surface area (Å²) >= 11 is 3.24. The molecule has 2 rings (SSSR count). The van der Waals surface area contributed by atoms with Crippen molar-refractivity contribution in [2.75, 3.05) is 20.7 Å². The van der Waals surface area contributed by atoms with Crippen LogP contribution in [0.2, 0.25) is 0 Å². The molecule has 0 saturated heterocycles. The third-order valence-corrected chi connectivity index (χ3v) is 4.35. The van der Waals surface area contributed by atoms with Crippen LogP contribution in [0, 0.1) is 0 Å². The van der Waals surface area contributed by atoms with Gasteiger partial charge < -0.3 is 19.8 Å². The zero-order valence-electron chi connectivity index (χ0n) is 12.9. The summed E-state index contributed by atoms with van der Waals surface area (Å²) in [5, 5.41) is 19.2. The molecule has 122 valence electrons. The van der Waals surface area contributed by atoms with Crippen LogP contribution in [0.1, 0.15) is 15.9 Å². The summed E-state index contributed by atoms with van der Waals surface area (Å²) in [5.41, 5.74) is 1.40. The Kier molecular flexibility index (Phi) is 5.50. The van der Waals surface area contributed by atoms with Gasteiger partial charge in [-0.1, -0.05) is 12.1 Å². The Bertz CT molecular complexity index is 700. The number of rotatable bonds is 5. The lowest BCUT2D eigenvalue weighted by molar-refractivity contribution is 0.0795. The van der Waals surface area contributed by atoms with Crippen molar-refractivity contribution in [3.63, 3.8) is 0 Å². The van der Waals surface area contributed by atoms with Crippen molar-refractivity contribution in [2.24, 2.45) is 0 Å². The number of phenolic OH excluding ortho intramolecular Hbond substituents is 2. The molecular weight excluding hydrogens is 362 g/mol. The molecule has 2 N–H and O–H groups in total. The SMILES string of the molecule is COc1ccc(C(=O)N(C)CCc2ccc(O)cc2)c(Br)c1O. The van der Waals surface area contributed by atoms with Gasteiger partial charge in [-0.25, -0.2) is 0 Å². The van der Waals surface area contributed by atoms with E-state index in [1.807, 2.05) is 12.1 Å². The molecule has 0 radical (unpaired) electrons. The first-order valence-corrected chi connectivity index (χ1v) is 7.82. The number of carbonyl (C=O) groups excluding carboxylic acids is 1. The van der Waals surface area contributed by atoms with E-state index in [0.29, 0.717) is 28.8 Å². The number of likely N-dealkylation sites (N-methyl/N-ethyl adjacent to an activating group) is 1. The Morgan fingerprint density at radius 3 is 2.43 bits per heavy atom. The number of aromatic hydroxyl groups is 2. The molecule has 0 aromatic heterocycles. The smallest absolute Gasteiger partial charge is 0.254 e. The second kappa shape index (κ2) is 7.37. The highest BCUT2D eigenvalue weighted by Crippen LogP contribution is 2.36. The molecule has 2 aromatic rings. The fraction of sp³-hybridized carbons (Fsp3) is 0.235. The molecule has 0 spiro atoms. The molecule has 0 aliphatic rings. The molecule has 0 bridgehead atoms. The normalized spacial score (nSPS) is 10.4. The highest BCUT2D eigenvalue weighted by molar-refractivity contribution is 9.10. The Hall–Kier alpha value is -2.21. The van der Waals surface area contributed by atoms with Crippen molar-refractivity contribution < 1.29 is 19.7 Å². The van der Waals surface area contributed by atoms with Crippen LogP contribution in [0.3, 0.4) is 0 Å². The molecule has 0 heterocycles. The van der Waals surface area contributed by atoms with Crippen molar-refractivity contribution in [1.82, 2.24) is 4.90 Å². The van der Waals surface area contributed by atoms with Gasteiger partial charge >= 0.3 is 0 Å². The molecule has 0 aliphatic carbocycles. The maximum Gasteiger partial charge on any atom is 0.254 e. The average Bonchev–Trinajstić information content (AvgIpc) is 2.56. The molecule has 6 heteroatoms. The lowest BCUT2D eigenvalue weighted by Crippen LogP contribution is -2.29. The quantitative estimate of drug-likeness (QED) is 0.836. The van der Waals surface area contributed by atoms with Crippen molar-refractivity contribution in [3.05, 3.63) is 52.0 Å². The van der Waals surface area contributed by atoms with Gasteiger partial charge in [0.05, 0.1) is 17.1 Å². The van der Waals surface area contributed by atoms with Crippen LogP contribution in [0.15, 0.2) is 40.9 Å². The second-order valence-electron chi connectivity index (χ2n) is 5.12. The Morgan fingerprint density at radius 1 is 1.17 bits per heavy atom. The van der Waals surface area contributed by atoms with E-state index in [-0.39, 0.29) is 17.4 Å². The summed E-state index contributed by atoms with van der Waals surface area (Å²) in [6, 6.07) is 10.1. The largest absolute Gasteiger partial charge is 0.508 e. The number of amides is 1. The lowest BCUT2D eigenvalue weighted by Gasteiger charge is -2.19. The first kappa shape index (κ1) is 17.1. The topological polar surface area (TPSA) is 70.0 Å². The zero-order chi connectivity index (χ0) is 17.0. The predicted octanol–water partition coefficient (Wildman–Crippen LogP) is 3.18. The van der Waals surface area contributed by atoms with Crippen LogP contribution < -0.4 is 4.74 Å². The molecule has 23 heavy (non-hydrogen) atoms. The minimum atomic E-state index is -0.200. The minimum absolute atomic E-state index is 0.0923. The van der Waals surface area contributed by atoms with Crippen molar-refractivity contribution in [2.45, 2.75) is 6.42 Å². The maximum atomic E-state index is 12.5. The van der Waals surface area contributed by atoms with E-state index in [4.69, 9.17) is 4.74 Å². The first-order valence-electron chi connectivity index (χ1n) is 7.03. The van der Waals surface area contributed by atoms with Crippen LogP contribution >= 0.6 is 15.9 Å². The maximum absolute atomic E-state index is 12.5. The lowest BCUT2D eigenvalue weighted by atomic mass is 10.1. The number of phenols is 2. The average molecular weight is 380 g/mol. The number of hydrogen-bond donors (Lipinski definition) is 2. The van der Waals surface area contributed by atoms with Gasteiger partial charge in [0.2, 0.25) is 0 Å². The first-order chi connectivity index (χ1) is 10.9. The van der Waals surface area contributed by atoms with Gasteiger partial charge in [0.15, 0.2) is 11.5 Å². The fourth-order valence-corrected chi connectivity index (χ4v) is 2.64. The van der Waals surface area contributed by atoms with Crippen LogP contribution in [-0.2, 0) is 6.42 Å². The van der Waals surface area contributed by atoms with Gasteiger partial charge in [-0.05, 0) is 52.2 Å². The van der Waals surface area contributed by atoms with Crippen LogP contribution in [0.5, 0.6) is 17.2 Å². The van der Waals surface area contributed by atoms with Gasteiger partial charge in [0.25, 0.3) is 5.91 Å². The third-order valence-electron chi connectivity index (χ3n) is 3.55. The van der Waals surface area contributed by atoms with Crippen LogP contribution in [-0.4, -0.2) is 41.7 Å². The molecule has 1 amide bonds. The number of benzene rings is 2. The van der Waals surface area contributed by atoms with Gasteiger partial charge in [0, 0.05) is 13.6 Å². The zero-order valence-corrected chi connectivity index (χ0v) is 14.5. The third kappa shape index (κ3) is 3.96. The highest BCUT2D eigenvalue weighted by atomic mass is 79.9. The van der Waals surface area contributed by atoms with Gasteiger partial charge in [0.1, 0.15) is 5.75 Å². The Morgan fingerprint density at radius 2 is 1.83 bits per heavy atom. The van der Waals surface area contributed by atoms with Crippen molar-refractivity contribution >= 4 is 21.8 Å². The van der Waals surface area contributed by atoms with E-state index in [1.165, 1.54) is 7.11 Å². The molecule has 0 saturated carbocycles. The van der Waals surface area contributed by atoms with E-state index < -0.39 is 0 Å². The van der Waals surface area contributed by atoms with Gasteiger partial charge in [-0.2, -0.15) is 0 Å². The molecule has 2 aromatic carbocycles. The van der Waals surface area contributed by atoms with Crippen molar-refractivity contribution in [1.29, 1.82) is 0 Å². The molecule has 0 atom stereocenters. The summed E-state index contributed by atoms with van der Waals surface area (Å²) in [6.07, 6.45) is 0.669. The number of carbonyl (C=O) groups is 1. The summed E-state index contributed by atoms with van der Waals surface area (Å²) in [4.78, 5) is 14.1. The van der Waals surface area contributed by atoms with E-state index in [0.717, 1.165) is 5.56 Å². The number of halogens is 1. The number of methoxy groups -OCH3 is 1. The molecule has 0 unspecified atom stereocenters. The predicted molar refractivity (Wildman–Crippen MR) is 91.1 cm³/mol. The van der Waals surface area contributed by atoms with Gasteiger partial charge in [-0.15, -0.1) is 0 Å². The van der Waals surface area contributed by atoms with Crippen LogP contribution in [0.4, 0.5) is 0 Å². The molecule has 0 aliphatic heterocycles. The summed E-state index contributed by atoms with van der Waals surface area (Å²) in [6.45, 7) is 0.517. The highest BCUT2D eigenvalue weighted by Gasteiger charge is 2.19. The van der Waals surface area contributed by atoms with E-state index >= 15 is 0 Å². The standard InChI is InChI=1S/C17H18BrNO4/c1-19(10-9-11-3-5-12(20)6-4-11)17(22)13-7-8-14(23-2)16(21)15(13)18/h3-8,20-21H,9-10H2,1-2H3. The molecule has 0 fully saturated rings. The number of hydrogen-bond acceptors (Lipinski definition) is 4. The Balaban J connectivity index is 2.07. The summed E-state index contributed by atoms with van der Waals surface area (Å²) < 4.78 is 5.33. The van der Waals surface area contributed by atoms with E-state index in [9.17, 15) is 15.0 Å². The monoisotopic (exact) mass is 379 g/mol. The van der Waals surface area contributed by atoms with E-state index in [2.05, 4.69) is 15.9 Å². The molecule has 5 nitrogen and oxygen atoms in total. The number of ether oxygens (including phenoxy) is 1. The van der Waals surface area contributed by atoms with Crippen LogP contribution in [0.25, 0.3) is 0 Å². The summed E-state index contributed by atoms with van der Waals surface area (Å²) in [5.74, 6) is 0.231.